The Labute approximate surface area is 121 Å². The maximum Gasteiger partial charge on any atom is 0.167 e. The summed E-state index contributed by atoms with van der Waals surface area (Å²) in [5.74, 6) is 0.606. The summed E-state index contributed by atoms with van der Waals surface area (Å²) in [5.41, 5.74) is 1.24. The molecule has 1 aliphatic heterocycles. The zero-order valence-corrected chi connectivity index (χ0v) is 11.5. The number of hydrogen-bond donors (Lipinski definition) is 3. The number of aliphatic hydroxyl groups is 2. The average Bonchev–Trinajstić information content (AvgIpc) is 3.08. The van der Waals surface area contributed by atoms with Crippen molar-refractivity contribution in [3.8, 4) is 0 Å². The summed E-state index contributed by atoms with van der Waals surface area (Å²) in [7, 11) is 0. The lowest BCUT2D eigenvalue weighted by molar-refractivity contribution is -0.0432. The quantitative estimate of drug-likeness (QED) is 0.749. The highest BCUT2D eigenvalue weighted by molar-refractivity contribution is 5.83. The van der Waals surface area contributed by atoms with E-state index in [1.165, 1.54) is 6.33 Å². The molecular weight excluding hydrogens is 274 g/mol. The zero-order chi connectivity index (χ0) is 14.8. The van der Waals surface area contributed by atoms with Gasteiger partial charge in [0.2, 0.25) is 0 Å². The van der Waals surface area contributed by atoms with Crippen LogP contribution in [-0.2, 0) is 4.74 Å². The van der Waals surface area contributed by atoms with Crippen molar-refractivity contribution >= 4 is 17.0 Å². The van der Waals surface area contributed by atoms with Gasteiger partial charge in [-0.05, 0) is 13.1 Å². The first-order valence-corrected chi connectivity index (χ1v) is 6.74. The smallest absolute Gasteiger partial charge is 0.167 e. The fraction of sp³-hybridized carbons (Fsp3) is 0.462. The van der Waals surface area contributed by atoms with Crippen molar-refractivity contribution in [2.75, 3.05) is 11.9 Å². The van der Waals surface area contributed by atoms with Crippen LogP contribution >= 0.6 is 0 Å². The molecule has 3 rings (SSSR count). The second kappa shape index (κ2) is 5.76. The SMILES string of the molecule is C/C=C\Nc1ncnc2c1ncn2[C@H]1C[C@H](O)[C@@H](CO)O1. The number of anilines is 1. The lowest BCUT2D eigenvalue weighted by atomic mass is 10.2. The highest BCUT2D eigenvalue weighted by atomic mass is 16.5. The molecule has 1 fully saturated rings. The second-order valence-corrected chi connectivity index (χ2v) is 4.81. The van der Waals surface area contributed by atoms with Gasteiger partial charge in [-0.15, -0.1) is 0 Å². The first-order chi connectivity index (χ1) is 10.2. The van der Waals surface area contributed by atoms with Crippen LogP contribution in [0.25, 0.3) is 11.2 Å². The van der Waals surface area contributed by atoms with Crippen molar-refractivity contribution in [3.05, 3.63) is 24.9 Å². The first kappa shape index (κ1) is 13.9. The number of fused-ring (bicyclic) bond motifs is 1. The minimum atomic E-state index is -0.695. The number of nitrogens with one attached hydrogen (secondary N) is 1. The van der Waals surface area contributed by atoms with E-state index in [1.807, 2.05) is 13.0 Å². The van der Waals surface area contributed by atoms with Gasteiger partial charge in [0.25, 0.3) is 0 Å². The van der Waals surface area contributed by atoms with Gasteiger partial charge in [-0.2, -0.15) is 0 Å². The Morgan fingerprint density at radius 2 is 2.33 bits per heavy atom. The molecule has 112 valence electrons. The van der Waals surface area contributed by atoms with Crippen molar-refractivity contribution in [1.82, 2.24) is 19.5 Å². The van der Waals surface area contributed by atoms with E-state index in [4.69, 9.17) is 9.84 Å². The molecule has 3 heterocycles. The lowest BCUT2D eigenvalue weighted by Gasteiger charge is -2.13. The number of imidazole rings is 1. The summed E-state index contributed by atoms with van der Waals surface area (Å²) >= 11 is 0. The summed E-state index contributed by atoms with van der Waals surface area (Å²) in [4.78, 5) is 12.7. The standard InChI is InChI=1S/C13H17N5O3/c1-2-3-14-12-11-13(16-6-15-12)18(7-17-11)10-4-8(20)9(5-19)21-10/h2-3,6-10,19-20H,4-5H2,1H3,(H,14,15,16)/b3-2-/t8-,9+,10+/m0/s1. The minimum absolute atomic E-state index is 0.215. The zero-order valence-electron chi connectivity index (χ0n) is 11.5. The summed E-state index contributed by atoms with van der Waals surface area (Å²) in [6.45, 7) is 1.68. The Hall–Kier alpha value is -2.03. The highest BCUT2D eigenvalue weighted by Gasteiger charge is 2.35. The van der Waals surface area contributed by atoms with E-state index in [9.17, 15) is 5.11 Å². The van der Waals surface area contributed by atoms with E-state index in [2.05, 4.69) is 20.3 Å². The molecule has 21 heavy (non-hydrogen) atoms. The molecule has 1 saturated heterocycles. The fourth-order valence-corrected chi connectivity index (χ4v) is 2.38. The second-order valence-electron chi connectivity index (χ2n) is 4.81. The topological polar surface area (TPSA) is 105 Å². The van der Waals surface area contributed by atoms with Gasteiger partial charge < -0.3 is 20.3 Å². The van der Waals surface area contributed by atoms with Crippen LogP contribution in [0.1, 0.15) is 19.6 Å². The summed E-state index contributed by atoms with van der Waals surface area (Å²) < 4.78 is 7.37. The van der Waals surface area contributed by atoms with E-state index >= 15 is 0 Å². The average molecular weight is 291 g/mol. The first-order valence-electron chi connectivity index (χ1n) is 6.74. The Morgan fingerprint density at radius 1 is 1.48 bits per heavy atom. The summed E-state index contributed by atoms with van der Waals surface area (Å²) in [6, 6.07) is 0. The van der Waals surface area contributed by atoms with Gasteiger partial charge in [0.1, 0.15) is 18.7 Å². The van der Waals surface area contributed by atoms with E-state index in [0.717, 1.165) is 0 Å². The van der Waals surface area contributed by atoms with E-state index < -0.39 is 18.4 Å². The Kier molecular flexibility index (Phi) is 3.82. The Bertz CT molecular complexity index is 656. The Morgan fingerprint density at radius 3 is 3.05 bits per heavy atom. The van der Waals surface area contributed by atoms with Crippen LogP contribution in [0.3, 0.4) is 0 Å². The van der Waals surface area contributed by atoms with E-state index in [0.29, 0.717) is 23.4 Å². The van der Waals surface area contributed by atoms with E-state index in [-0.39, 0.29) is 6.61 Å². The molecule has 0 aliphatic carbocycles. The van der Waals surface area contributed by atoms with E-state index in [1.54, 1.807) is 17.1 Å². The largest absolute Gasteiger partial charge is 0.394 e. The molecule has 3 atom stereocenters. The van der Waals surface area contributed by atoms with Gasteiger partial charge in [-0.25, -0.2) is 15.0 Å². The molecule has 3 N–H and O–H groups in total. The fourth-order valence-electron chi connectivity index (χ4n) is 2.38. The third kappa shape index (κ3) is 2.48. The number of aromatic nitrogens is 4. The predicted octanol–water partition coefficient (Wildman–Crippen LogP) is 0.412. The molecule has 2 aromatic rings. The van der Waals surface area contributed by atoms with Crippen molar-refractivity contribution in [2.45, 2.75) is 31.8 Å². The number of aliphatic hydroxyl groups excluding tert-OH is 2. The third-order valence-electron chi connectivity index (χ3n) is 3.44. The monoisotopic (exact) mass is 291 g/mol. The normalized spacial score (nSPS) is 26.0. The highest BCUT2D eigenvalue weighted by Crippen LogP contribution is 2.31. The van der Waals surface area contributed by atoms with Crippen LogP contribution in [0.15, 0.2) is 24.9 Å². The molecule has 2 aromatic heterocycles. The molecule has 8 nitrogen and oxygen atoms in total. The molecule has 0 amide bonds. The molecule has 0 bridgehead atoms. The summed E-state index contributed by atoms with van der Waals surface area (Å²) in [5, 5.41) is 22.0. The maximum atomic E-state index is 9.83. The lowest BCUT2D eigenvalue weighted by Crippen LogP contribution is -2.24. The Balaban J connectivity index is 1.94. The van der Waals surface area contributed by atoms with Crippen LogP contribution in [0.5, 0.6) is 0 Å². The van der Waals surface area contributed by atoms with Crippen molar-refractivity contribution < 1.29 is 14.9 Å². The third-order valence-corrected chi connectivity index (χ3v) is 3.44. The molecule has 0 saturated carbocycles. The van der Waals surface area contributed by atoms with Crippen molar-refractivity contribution in [2.24, 2.45) is 0 Å². The number of rotatable bonds is 4. The van der Waals surface area contributed by atoms with Gasteiger partial charge in [0.05, 0.1) is 19.0 Å². The van der Waals surface area contributed by atoms with Crippen LogP contribution in [0.4, 0.5) is 5.82 Å². The number of hydrogen-bond acceptors (Lipinski definition) is 7. The molecule has 1 aliphatic rings. The van der Waals surface area contributed by atoms with Crippen LogP contribution in [-0.4, -0.2) is 48.5 Å². The summed E-state index contributed by atoms with van der Waals surface area (Å²) in [6.07, 6.45) is 5.39. The molecule has 0 aromatic carbocycles. The van der Waals surface area contributed by atoms with Crippen LogP contribution < -0.4 is 5.32 Å². The number of ether oxygens (including phenoxy) is 1. The molecular formula is C13H17N5O3. The van der Waals surface area contributed by atoms with Crippen molar-refractivity contribution in [3.63, 3.8) is 0 Å². The maximum absolute atomic E-state index is 9.83. The van der Waals surface area contributed by atoms with Gasteiger partial charge in [0.15, 0.2) is 17.0 Å². The van der Waals surface area contributed by atoms with Gasteiger partial charge >= 0.3 is 0 Å². The van der Waals surface area contributed by atoms with Crippen LogP contribution in [0, 0.1) is 0 Å². The molecule has 8 heteroatoms. The molecule has 0 spiro atoms. The minimum Gasteiger partial charge on any atom is -0.394 e. The van der Waals surface area contributed by atoms with Gasteiger partial charge in [-0.1, -0.05) is 6.08 Å². The van der Waals surface area contributed by atoms with Crippen molar-refractivity contribution in [1.29, 1.82) is 0 Å². The molecule has 0 radical (unpaired) electrons. The van der Waals surface area contributed by atoms with Gasteiger partial charge in [-0.3, -0.25) is 4.57 Å². The predicted molar refractivity (Wildman–Crippen MR) is 75.4 cm³/mol. The van der Waals surface area contributed by atoms with Gasteiger partial charge in [0, 0.05) is 6.42 Å². The van der Waals surface area contributed by atoms with Crippen LogP contribution in [0.2, 0.25) is 0 Å². The molecule has 0 unspecified atom stereocenters. The number of nitrogens with zero attached hydrogens (tertiary/aromatic N) is 4. The number of allylic oxidation sites excluding steroid dienone is 1.